The zero-order chi connectivity index (χ0) is 18.4. The molecule has 0 aliphatic rings. The van der Waals surface area contributed by atoms with Crippen molar-refractivity contribution in [2.45, 2.75) is 18.5 Å². The lowest BCUT2D eigenvalue weighted by Crippen LogP contribution is -2.27. The molecule has 0 bridgehead atoms. The number of nitrogens with zero attached hydrogens (tertiary/aromatic N) is 5. The van der Waals surface area contributed by atoms with E-state index in [2.05, 4.69) is 30.8 Å². The Labute approximate surface area is 159 Å². The van der Waals surface area contributed by atoms with Gasteiger partial charge in [0.1, 0.15) is 12.1 Å². The van der Waals surface area contributed by atoms with E-state index >= 15 is 0 Å². The molecule has 3 rings (SSSR count). The molecule has 0 radical (unpaired) electrons. The third kappa shape index (κ3) is 5.27. The third-order valence-corrected chi connectivity index (χ3v) is 5.18. The van der Waals surface area contributed by atoms with E-state index in [4.69, 9.17) is 0 Å². The molecule has 0 unspecified atom stereocenters. The van der Waals surface area contributed by atoms with Gasteiger partial charge in [0, 0.05) is 30.4 Å². The number of thiazole rings is 1. The van der Waals surface area contributed by atoms with Gasteiger partial charge in [-0.3, -0.25) is 4.79 Å². The highest BCUT2D eigenvalue weighted by atomic mass is 32.2. The molecule has 136 valence electrons. The van der Waals surface area contributed by atoms with Gasteiger partial charge in [-0.1, -0.05) is 17.8 Å². The first kappa shape index (κ1) is 18.3. The summed E-state index contributed by atoms with van der Waals surface area (Å²) in [5.74, 6) is 1.44. The molecule has 1 amide bonds. The van der Waals surface area contributed by atoms with Gasteiger partial charge < -0.3 is 15.2 Å². The minimum absolute atomic E-state index is 0.0471. The van der Waals surface area contributed by atoms with Crippen LogP contribution in [0.1, 0.15) is 11.4 Å². The van der Waals surface area contributed by atoms with Gasteiger partial charge in [-0.2, -0.15) is 0 Å². The molecule has 10 heteroatoms. The number of nitrogens with one attached hydrogen (secondary N) is 2. The Morgan fingerprint density at radius 2 is 2.23 bits per heavy atom. The predicted octanol–water partition coefficient (Wildman–Crippen LogP) is 2.17. The van der Waals surface area contributed by atoms with E-state index in [1.54, 1.807) is 18.1 Å². The maximum Gasteiger partial charge on any atom is 0.226 e. The van der Waals surface area contributed by atoms with Crippen LogP contribution >= 0.6 is 23.1 Å². The van der Waals surface area contributed by atoms with Crippen LogP contribution in [0, 0.1) is 6.92 Å². The number of hydrogen-bond acceptors (Lipinski definition) is 8. The Balaban J connectivity index is 1.42. The maximum atomic E-state index is 12.0. The zero-order valence-electron chi connectivity index (χ0n) is 14.5. The lowest BCUT2D eigenvalue weighted by molar-refractivity contribution is -0.120. The lowest BCUT2D eigenvalue weighted by atomic mass is 10.3. The summed E-state index contributed by atoms with van der Waals surface area (Å²) in [5.41, 5.74) is 1.67. The summed E-state index contributed by atoms with van der Waals surface area (Å²) in [6.07, 6.45) is 1.91. The minimum atomic E-state index is -0.0471. The normalized spacial score (nSPS) is 10.7. The largest absolute Gasteiger partial charge is 0.355 e. The number of carbonyl (C=O) groups excluding carboxylic acids is 1. The van der Waals surface area contributed by atoms with Gasteiger partial charge in [-0.15, -0.1) is 21.5 Å². The van der Waals surface area contributed by atoms with Crippen molar-refractivity contribution in [3.63, 3.8) is 0 Å². The summed E-state index contributed by atoms with van der Waals surface area (Å²) >= 11 is 3.01. The van der Waals surface area contributed by atoms with Crippen molar-refractivity contribution in [2.24, 2.45) is 7.05 Å². The highest BCUT2D eigenvalue weighted by Crippen LogP contribution is 2.20. The van der Waals surface area contributed by atoms with Crippen LogP contribution in [0.4, 0.5) is 10.9 Å². The minimum Gasteiger partial charge on any atom is -0.355 e. The molecular weight excluding hydrogens is 370 g/mol. The topological polar surface area (TPSA) is 97.6 Å². The van der Waals surface area contributed by atoms with Crippen LogP contribution < -0.4 is 10.6 Å². The van der Waals surface area contributed by atoms with Crippen molar-refractivity contribution in [1.82, 2.24) is 30.0 Å². The van der Waals surface area contributed by atoms with Gasteiger partial charge in [0.2, 0.25) is 5.91 Å². The fourth-order valence-electron chi connectivity index (χ4n) is 2.13. The van der Waals surface area contributed by atoms with E-state index in [1.807, 2.05) is 42.1 Å². The monoisotopic (exact) mass is 389 g/mol. The van der Waals surface area contributed by atoms with Crippen LogP contribution in [0.25, 0.3) is 0 Å². The van der Waals surface area contributed by atoms with Gasteiger partial charge in [0.25, 0.3) is 0 Å². The molecule has 0 atom stereocenters. The molecule has 3 aromatic rings. The summed E-state index contributed by atoms with van der Waals surface area (Å²) in [6, 6.07) is 5.76. The Bertz CT molecular complexity index is 877. The first-order valence-corrected chi connectivity index (χ1v) is 9.85. The summed E-state index contributed by atoms with van der Waals surface area (Å²) in [6.45, 7) is 2.50. The van der Waals surface area contributed by atoms with E-state index < -0.39 is 0 Å². The SMILES string of the molecule is Cc1cccc(Nc2nc(CC(=O)NCCSc3nncn3C)cs2)n1. The predicted molar refractivity (Wildman–Crippen MR) is 103 cm³/mol. The van der Waals surface area contributed by atoms with Crippen LogP contribution in [0.3, 0.4) is 0 Å². The molecule has 0 aliphatic carbocycles. The number of anilines is 2. The van der Waals surface area contributed by atoms with Crippen molar-refractivity contribution in [1.29, 1.82) is 0 Å². The number of carbonyl (C=O) groups is 1. The van der Waals surface area contributed by atoms with E-state index in [9.17, 15) is 4.79 Å². The number of thioether (sulfide) groups is 1. The Hall–Kier alpha value is -2.46. The van der Waals surface area contributed by atoms with Crippen LogP contribution in [-0.4, -0.2) is 42.9 Å². The molecule has 3 heterocycles. The molecule has 0 aromatic carbocycles. The molecule has 3 aromatic heterocycles. The second kappa shape index (κ2) is 8.77. The Morgan fingerprint density at radius 1 is 1.35 bits per heavy atom. The van der Waals surface area contributed by atoms with Crippen molar-refractivity contribution in [3.8, 4) is 0 Å². The molecule has 8 nitrogen and oxygen atoms in total. The average Bonchev–Trinajstić information content (AvgIpc) is 3.21. The van der Waals surface area contributed by atoms with Crippen LogP contribution in [0.15, 0.2) is 35.1 Å². The van der Waals surface area contributed by atoms with E-state index in [-0.39, 0.29) is 12.3 Å². The quantitative estimate of drug-likeness (QED) is 0.450. The summed E-state index contributed by atoms with van der Waals surface area (Å²) in [4.78, 5) is 20.8. The van der Waals surface area contributed by atoms with Crippen molar-refractivity contribution in [3.05, 3.63) is 41.3 Å². The second-order valence-corrected chi connectivity index (χ2v) is 7.45. The van der Waals surface area contributed by atoms with Gasteiger partial charge in [0.15, 0.2) is 10.3 Å². The van der Waals surface area contributed by atoms with E-state index in [0.29, 0.717) is 6.54 Å². The first-order valence-electron chi connectivity index (χ1n) is 7.99. The molecule has 2 N–H and O–H groups in total. The summed E-state index contributed by atoms with van der Waals surface area (Å²) < 4.78 is 1.85. The van der Waals surface area contributed by atoms with Gasteiger partial charge in [-0.25, -0.2) is 9.97 Å². The first-order chi connectivity index (χ1) is 12.6. The van der Waals surface area contributed by atoms with Gasteiger partial charge in [-0.05, 0) is 19.1 Å². The molecule has 26 heavy (non-hydrogen) atoms. The van der Waals surface area contributed by atoms with Crippen LogP contribution in [0.2, 0.25) is 0 Å². The fourth-order valence-corrected chi connectivity index (χ4v) is 3.59. The standard InChI is InChI=1S/C16H19N7OS2/c1-11-4-3-5-13(19-11)21-15-20-12(9-26-15)8-14(24)17-6-7-25-16-22-18-10-23(16)2/h3-5,9-10H,6-8H2,1-2H3,(H,17,24)(H,19,20,21). The third-order valence-electron chi connectivity index (χ3n) is 3.34. The zero-order valence-corrected chi connectivity index (χ0v) is 16.1. The highest BCUT2D eigenvalue weighted by Gasteiger charge is 2.09. The van der Waals surface area contributed by atoms with Crippen LogP contribution in [-0.2, 0) is 18.3 Å². The number of hydrogen-bond donors (Lipinski definition) is 2. The fraction of sp³-hybridized carbons (Fsp3) is 0.312. The van der Waals surface area contributed by atoms with E-state index in [1.165, 1.54) is 11.3 Å². The van der Waals surface area contributed by atoms with E-state index in [0.717, 1.165) is 33.2 Å². The number of pyridine rings is 1. The average molecular weight is 390 g/mol. The molecule has 0 fully saturated rings. The number of amides is 1. The van der Waals surface area contributed by atoms with Crippen molar-refractivity contribution < 1.29 is 4.79 Å². The lowest BCUT2D eigenvalue weighted by Gasteiger charge is -2.04. The second-order valence-electron chi connectivity index (χ2n) is 5.53. The Kier molecular flexibility index (Phi) is 6.18. The van der Waals surface area contributed by atoms with Crippen LogP contribution in [0.5, 0.6) is 0 Å². The van der Waals surface area contributed by atoms with Crippen molar-refractivity contribution >= 4 is 40.0 Å². The molecule has 0 saturated carbocycles. The molecule has 0 saturated heterocycles. The molecule has 0 aliphatic heterocycles. The van der Waals surface area contributed by atoms with Crippen molar-refractivity contribution in [2.75, 3.05) is 17.6 Å². The van der Waals surface area contributed by atoms with Gasteiger partial charge in [0.05, 0.1) is 12.1 Å². The summed E-state index contributed by atoms with van der Waals surface area (Å²) in [7, 11) is 1.89. The Morgan fingerprint density at radius 3 is 3.00 bits per heavy atom. The smallest absolute Gasteiger partial charge is 0.226 e. The number of rotatable bonds is 8. The molecule has 0 spiro atoms. The molecular formula is C16H19N7OS2. The maximum absolute atomic E-state index is 12.0. The number of aromatic nitrogens is 5. The highest BCUT2D eigenvalue weighted by molar-refractivity contribution is 7.99. The number of aryl methyl sites for hydroxylation is 2. The van der Waals surface area contributed by atoms with Gasteiger partial charge >= 0.3 is 0 Å². The summed E-state index contributed by atoms with van der Waals surface area (Å²) in [5, 5.41) is 17.3.